The largest absolute Gasteiger partial charge is 0.377 e. The van der Waals surface area contributed by atoms with Crippen molar-refractivity contribution in [1.29, 1.82) is 0 Å². The topological polar surface area (TPSA) is 71.5 Å². The fourth-order valence-corrected chi connectivity index (χ4v) is 2.26. The third kappa shape index (κ3) is 3.18. The van der Waals surface area contributed by atoms with Crippen LogP contribution in [-0.4, -0.2) is 53.5 Å². The molecule has 1 aliphatic heterocycles. The highest BCUT2D eigenvalue weighted by Crippen LogP contribution is 2.20. The average Bonchev–Trinajstić information content (AvgIpc) is 3.31. The van der Waals surface area contributed by atoms with Gasteiger partial charge < -0.3 is 15.0 Å². The summed E-state index contributed by atoms with van der Waals surface area (Å²) >= 11 is 0. The molecule has 3 rings (SSSR count). The lowest BCUT2D eigenvalue weighted by atomic mass is 10.1. The van der Waals surface area contributed by atoms with Crippen LogP contribution in [0.15, 0.2) is 18.3 Å². The molecule has 0 aromatic carbocycles. The quantitative estimate of drug-likeness (QED) is 0.816. The van der Waals surface area contributed by atoms with E-state index in [1.807, 2.05) is 0 Å². The van der Waals surface area contributed by atoms with Crippen LogP contribution in [-0.2, 0) is 9.53 Å². The van der Waals surface area contributed by atoms with Gasteiger partial charge >= 0.3 is 0 Å². The lowest BCUT2D eigenvalue weighted by Gasteiger charge is -2.34. The van der Waals surface area contributed by atoms with Gasteiger partial charge in [0.25, 0.3) is 5.91 Å². The van der Waals surface area contributed by atoms with Crippen LogP contribution in [0.4, 0.5) is 4.39 Å². The maximum atomic E-state index is 12.8. The molecule has 7 heteroatoms. The van der Waals surface area contributed by atoms with Crippen molar-refractivity contribution < 1.29 is 18.7 Å². The van der Waals surface area contributed by atoms with E-state index in [9.17, 15) is 14.0 Å². The van der Waals surface area contributed by atoms with Crippen LogP contribution in [0.3, 0.4) is 0 Å². The fraction of sp³-hybridized carbons (Fsp3) is 0.500. The van der Waals surface area contributed by atoms with Crippen molar-refractivity contribution in [1.82, 2.24) is 15.2 Å². The van der Waals surface area contributed by atoms with Crippen LogP contribution in [0.5, 0.6) is 0 Å². The Bertz CT molecular complexity index is 545. The summed E-state index contributed by atoms with van der Waals surface area (Å²) in [5, 5.41) is 2.88. The Labute approximate surface area is 121 Å². The van der Waals surface area contributed by atoms with Gasteiger partial charge in [-0.1, -0.05) is 0 Å². The van der Waals surface area contributed by atoms with Crippen molar-refractivity contribution in [3.05, 3.63) is 29.8 Å². The number of carbonyl (C=O) groups excluding carboxylic acids is 2. The van der Waals surface area contributed by atoms with Crippen molar-refractivity contribution in [2.75, 3.05) is 19.8 Å². The number of nitrogens with one attached hydrogen (secondary N) is 1. The summed E-state index contributed by atoms with van der Waals surface area (Å²) in [6, 6.07) is 2.09. The Morgan fingerprint density at radius 3 is 2.86 bits per heavy atom. The first-order valence-corrected chi connectivity index (χ1v) is 6.96. The number of aromatic nitrogens is 1. The van der Waals surface area contributed by atoms with Crippen LogP contribution in [0.1, 0.15) is 23.2 Å². The maximum Gasteiger partial charge on any atom is 0.256 e. The third-order valence-electron chi connectivity index (χ3n) is 3.59. The number of nitrogens with zero attached hydrogens (tertiary/aromatic N) is 2. The smallest absolute Gasteiger partial charge is 0.256 e. The summed E-state index contributed by atoms with van der Waals surface area (Å²) < 4.78 is 18.1. The van der Waals surface area contributed by atoms with E-state index in [0.29, 0.717) is 13.2 Å². The SMILES string of the molecule is O=C(NC1CC1)C1COCCN1C(=O)c1ccc(F)nc1. The predicted molar refractivity (Wildman–Crippen MR) is 71.0 cm³/mol. The van der Waals surface area contributed by atoms with Gasteiger partial charge in [0.15, 0.2) is 0 Å². The summed E-state index contributed by atoms with van der Waals surface area (Å²) in [5.41, 5.74) is 0.266. The predicted octanol–water partition coefficient (Wildman–Crippen LogP) is 0.340. The Hall–Kier alpha value is -2.02. The van der Waals surface area contributed by atoms with E-state index >= 15 is 0 Å². The highest BCUT2D eigenvalue weighted by atomic mass is 19.1. The molecule has 2 fully saturated rings. The normalized spacial score (nSPS) is 22.0. The molecule has 0 bridgehead atoms. The van der Waals surface area contributed by atoms with Crippen LogP contribution in [0.25, 0.3) is 0 Å². The van der Waals surface area contributed by atoms with Gasteiger partial charge in [0.1, 0.15) is 6.04 Å². The first-order chi connectivity index (χ1) is 10.1. The molecule has 1 aliphatic carbocycles. The second kappa shape index (κ2) is 5.77. The highest BCUT2D eigenvalue weighted by Gasteiger charge is 2.35. The number of amides is 2. The lowest BCUT2D eigenvalue weighted by Crippen LogP contribution is -2.56. The monoisotopic (exact) mass is 293 g/mol. The van der Waals surface area contributed by atoms with Gasteiger partial charge in [-0.05, 0) is 25.0 Å². The molecule has 1 atom stereocenters. The standard InChI is InChI=1S/C14H16FN3O3/c15-12-4-1-9(7-16-12)14(20)18-5-6-21-8-11(18)13(19)17-10-2-3-10/h1,4,7,10-11H,2-3,5-6,8H2,(H,17,19). The minimum absolute atomic E-state index is 0.179. The first-order valence-electron chi connectivity index (χ1n) is 6.96. The molecular weight excluding hydrogens is 277 g/mol. The van der Waals surface area contributed by atoms with E-state index in [1.165, 1.54) is 17.2 Å². The molecule has 2 aliphatic rings. The number of halogens is 1. The molecule has 0 radical (unpaired) electrons. The molecule has 1 saturated heterocycles. The van der Waals surface area contributed by atoms with Crippen molar-refractivity contribution >= 4 is 11.8 Å². The summed E-state index contributed by atoms with van der Waals surface area (Å²) in [7, 11) is 0. The molecule has 1 saturated carbocycles. The molecule has 6 nitrogen and oxygen atoms in total. The second-order valence-corrected chi connectivity index (χ2v) is 5.24. The van der Waals surface area contributed by atoms with Gasteiger partial charge in [0.05, 0.1) is 18.8 Å². The molecule has 1 aromatic heterocycles. The van der Waals surface area contributed by atoms with E-state index in [0.717, 1.165) is 18.9 Å². The summed E-state index contributed by atoms with van der Waals surface area (Å²) in [6.07, 6.45) is 3.15. The van der Waals surface area contributed by atoms with E-state index in [4.69, 9.17) is 4.74 Å². The van der Waals surface area contributed by atoms with Crippen LogP contribution < -0.4 is 5.32 Å². The van der Waals surface area contributed by atoms with Crippen LogP contribution in [0, 0.1) is 5.95 Å². The molecule has 0 spiro atoms. The van der Waals surface area contributed by atoms with Gasteiger partial charge in [-0.15, -0.1) is 0 Å². The first kappa shape index (κ1) is 13.9. The molecule has 2 amide bonds. The lowest BCUT2D eigenvalue weighted by molar-refractivity contribution is -0.130. The molecular formula is C14H16FN3O3. The van der Waals surface area contributed by atoms with E-state index in [1.54, 1.807) is 0 Å². The zero-order valence-corrected chi connectivity index (χ0v) is 11.4. The maximum absolute atomic E-state index is 12.8. The Morgan fingerprint density at radius 1 is 1.38 bits per heavy atom. The minimum atomic E-state index is -0.642. The number of rotatable bonds is 3. The summed E-state index contributed by atoms with van der Waals surface area (Å²) in [6.45, 7) is 0.894. The molecule has 1 aromatic rings. The molecule has 112 valence electrons. The number of hydrogen-bond acceptors (Lipinski definition) is 4. The summed E-state index contributed by atoms with van der Waals surface area (Å²) in [4.78, 5) is 29.6. The van der Waals surface area contributed by atoms with E-state index in [-0.39, 0.29) is 30.0 Å². The summed E-state index contributed by atoms with van der Waals surface area (Å²) in [5.74, 6) is -1.17. The molecule has 1 N–H and O–H groups in total. The Kier molecular flexibility index (Phi) is 3.83. The molecule has 2 heterocycles. The van der Waals surface area contributed by atoms with Crippen molar-refractivity contribution in [3.63, 3.8) is 0 Å². The minimum Gasteiger partial charge on any atom is -0.377 e. The van der Waals surface area contributed by atoms with Crippen molar-refractivity contribution in [2.45, 2.75) is 24.9 Å². The molecule has 21 heavy (non-hydrogen) atoms. The second-order valence-electron chi connectivity index (χ2n) is 5.24. The zero-order chi connectivity index (χ0) is 14.8. The van der Waals surface area contributed by atoms with Crippen LogP contribution >= 0.6 is 0 Å². The van der Waals surface area contributed by atoms with Gasteiger partial charge in [-0.3, -0.25) is 9.59 Å². The highest BCUT2D eigenvalue weighted by molar-refractivity contribution is 5.97. The number of pyridine rings is 1. The van der Waals surface area contributed by atoms with Crippen molar-refractivity contribution in [3.8, 4) is 0 Å². The Balaban J connectivity index is 1.74. The van der Waals surface area contributed by atoms with Gasteiger partial charge in [-0.25, -0.2) is 4.98 Å². The van der Waals surface area contributed by atoms with Gasteiger partial charge in [-0.2, -0.15) is 4.39 Å². The van der Waals surface area contributed by atoms with Gasteiger partial charge in [0, 0.05) is 18.8 Å². The third-order valence-corrected chi connectivity index (χ3v) is 3.59. The average molecular weight is 293 g/mol. The van der Waals surface area contributed by atoms with Crippen LogP contribution in [0.2, 0.25) is 0 Å². The Morgan fingerprint density at radius 2 is 2.19 bits per heavy atom. The van der Waals surface area contributed by atoms with Gasteiger partial charge in [0.2, 0.25) is 11.9 Å². The van der Waals surface area contributed by atoms with E-state index in [2.05, 4.69) is 10.3 Å². The number of morpholine rings is 1. The van der Waals surface area contributed by atoms with Crippen molar-refractivity contribution in [2.24, 2.45) is 0 Å². The van der Waals surface area contributed by atoms with E-state index < -0.39 is 12.0 Å². The zero-order valence-electron chi connectivity index (χ0n) is 11.4. The number of hydrogen-bond donors (Lipinski definition) is 1. The molecule has 1 unspecified atom stereocenters. The number of ether oxygens (including phenoxy) is 1. The fourth-order valence-electron chi connectivity index (χ4n) is 2.26. The number of carbonyl (C=O) groups is 2.